The van der Waals surface area contributed by atoms with Crippen molar-refractivity contribution in [2.75, 3.05) is 26.8 Å². The van der Waals surface area contributed by atoms with E-state index in [-0.39, 0.29) is 5.97 Å². The summed E-state index contributed by atoms with van der Waals surface area (Å²) >= 11 is 3.62. The first-order valence-corrected chi connectivity index (χ1v) is 11.3. The number of carbonyl (C=O) groups excluding carboxylic acids is 1. The molecule has 30 heavy (non-hydrogen) atoms. The third-order valence-electron chi connectivity index (χ3n) is 5.65. The molecule has 4 rings (SSSR count). The first-order valence-electron chi connectivity index (χ1n) is 10.5. The molecule has 1 aliphatic heterocycles. The molecule has 3 aromatic rings. The minimum atomic E-state index is -0.284. The highest BCUT2D eigenvalue weighted by Crippen LogP contribution is 2.38. The SMILES string of the molecule is CCOC(=O)c1c(CN2CCCCC2)n(-c2ccccc2)c2cc(Br)c(OC)cc12. The number of fused-ring (bicyclic) bond motifs is 1. The van der Waals surface area contributed by atoms with E-state index < -0.39 is 0 Å². The van der Waals surface area contributed by atoms with Gasteiger partial charge in [-0.15, -0.1) is 0 Å². The average molecular weight is 471 g/mol. The molecule has 0 radical (unpaired) electrons. The number of rotatable bonds is 6. The van der Waals surface area contributed by atoms with Crippen molar-refractivity contribution >= 4 is 32.8 Å². The molecule has 0 saturated carbocycles. The van der Waals surface area contributed by atoms with E-state index in [9.17, 15) is 4.79 Å². The summed E-state index contributed by atoms with van der Waals surface area (Å²) in [6.45, 7) is 4.98. The maximum absolute atomic E-state index is 13.1. The molecular weight excluding hydrogens is 444 g/mol. The molecule has 1 aliphatic rings. The second-order valence-electron chi connectivity index (χ2n) is 7.55. The largest absolute Gasteiger partial charge is 0.496 e. The van der Waals surface area contributed by atoms with Crippen LogP contribution in [0.15, 0.2) is 46.9 Å². The van der Waals surface area contributed by atoms with Gasteiger partial charge in [-0.25, -0.2) is 4.79 Å². The van der Waals surface area contributed by atoms with Gasteiger partial charge in [0.1, 0.15) is 5.75 Å². The zero-order chi connectivity index (χ0) is 21.1. The molecule has 0 unspecified atom stereocenters. The van der Waals surface area contributed by atoms with Gasteiger partial charge in [-0.3, -0.25) is 4.90 Å². The highest BCUT2D eigenvalue weighted by Gasteiger charge is 2.27. The third-order valence-corrected chi connectivity index (χ3v) is 6.27. The second kappa shape index (κ2) is 9.23. The predicted octanol–water partition coefficient (Wildman–Crippen LogP) is 5.56. The second-order valence-corrected chi connectivity index (χ2v) is 8.41. The number of hydrogen-bond acceptors (Lipinski definition) is 4. The van der Waals surface area contributed by atoms with Gasteiger partial charge in [-0.2, -0.15) is 0 Å². The molecular formula is C24H27BrN2O3. The van der Waals surface area contributed by atoms with Crippen LogP contribution in [0.4, 0.5) is 0 Å². The van der Waals surface area contributed by atoms with Crippen LogP contribution in [0.2, 0.25) is 0 Å². The lowest BCUT2D eigenvalue weighted by Gasteiger charge is -2.27. The van der Waals surface area contributed by atoms with Gasteiger partial charge in [0, 0.05) is 17.6 Å². The van der Waals surface area contributed by atoms with Gasteiger partial charge in [-0.1, -0.05) is 24.6 Å². The van der Waals surface area contributed by atoms with E-state index in [1.54, 1.807) is 7.11 Å². The predicted molar refractivity (Wildman–Crippen MR) is 123 cm³/mol. The number of carbonyl (C=O) groups is 1. The normalized spacial score (nSPS) is 14.8. The summed E-state index contributed by atoms with van der Waals surface area (Å²) in [5.74, 6) is 0.413. The molecule has 0 aliphatic carbocycles. The maximum atomic E-state index is 13.1. The molecule has 1 saturated heterocycles. The van der Waals surface area contributed by atoms with Gasteiger partial charge in [0.2, 0.25) is 0 Å². The quantitative estimate of drug-likeness (QED) is 0.442. The molecule has 5 nitrogen and oxygen atoms in total. The Balaban J connectivity index is 2.00. The monoisotopic (exact) mass is 470 g/mol. The highest BCUT2D eigenvalue weighted by molar-refractivity contribution is 9.10. The summed E-state index contributed by atoms with van der Waals surface area (Å²) in [5.41, 5.74) is 3.59. The fourth-order valence-corrected chi connectivity index (χ4v) is 4.77. The van der Waals surface area contributed by atoms with Gasteiger partial charge in [0.15, 0.2) is 0 Å². The van der Waals surface area contributed by atoms with Crippen LogP contribution in [-0.2, 0) is 11.3 Å². The van der Waals surface area contributed by atoms with Crippen LogP contribution in [0.3, 0.4) is 0 Å². The molecule has 2 aromatic carbocycles. The smallest absolute Gasteiger partial charge is 0.340 e. The van der Waals surface area contributed by atoms with E-state index in [0.29, 0.717) is 24.5 Å². The Hall–Kier alpha value is -2.31. The summed E-state index contributed by atoms with van der Waals surface area (Å²) in [6, 6.07) is 14.2. The van der Waals surface area contributed by atoms with Crippen LogP contribution in [0, 0.1) is 0 Å². The van der Waals surface area contributed by atoms with Crippen LogP contribution in [0.1, 0.15) is 42.2 Å². The van der Waals surface area contributed by atoms with Crippen molar-refractivity contribution in [1.82, 2.24) is 9.47 Å². The number of para-hydroxylation sites is 1. The van der Waals surface area contributed by atoms with Crippen molar-refractivity contribution in [1.29, 1.82) is 0 Å². The summed E-state index contributed by atoms with van der Waals surface area (Å²) in [6.07, 6.45) is 3.66. The zero-order valence-electron chi connectivity index (χ0n) is 17.5. The standard InChI is InChI=1S/C24H27BrN2O3/c1-3-30-24(28)23-18-14-22(29-2)19(25)15-20(18)27(17-10-6-4-7-11-17)21(23)16-26-12-8-5-9-13-26/h4,6-7,10-11,14-15H,3,5,8-9,12-13,16H2,1-2H3. The first-order chi connectivity index (χ1) is 14.6. The number of aromatic nitrogens is 1. The topological polar surface area (TPSA) is 43.7 Å². The maximum Gasteiger partial charge on any atom is 0.340 e. The van der Waals surface area contributed by atoms with Crippen LogP contribution in [0.25, 0.3) is 16.6 Å². The minimum absolute atomic E-state index is 0.284. The number of benzene rings is 2. The molecule has 1 aromatic heterocycles. The van der Waals surface area contributed by atoms with Crippen LogP contribution < -0.4 is 4.74 Å². The lowest BCUT2D eigenvalue weighted by atomic mass is 10.1. The number of ether oxygens (including phenoxy) is 2. The van der Waals surface area contributed by atoms with Crippen LogP contribution in [0.5, 0.6) is 5.75 Å². The average Bonchev–Trinajstić information content (AvgIpc) is 3.07. The molecule has 2 heterocycles. The van der Waals surface area contributed by atoms with Gasteiger partial charge in [0.25, 0.3) is 0 Å². The number of nitrogens with zero attached hydrogens (tertiary/aromatic N) is 2. The number of esters is 1. The van der Waals surface area contributed by atoms with Crippen molar-refractivity contribution < 1.29 is 14.3 Å². The molecule has 6 heteroatoms. The summed E-state index contributed by atoms with van der Waals surface area (Å²) in [5, 5.41) is 0.851. The molecule has 0 N–H and O–H groups in total. The Morgan fingerprint density at radius 3 is 2.50 bits per heavy atom. The third kappa shape index (κ3) is 3.98. The molecule has 0 atom stereocenters. The lowest BCUT2D eigenvalue weighted by Crippen LogP contribution is -2.30. The van der Waals surface area contributed by atoms with Crippen LogP contribution >= 0.6 is 15.9 Å². The van der Waals surface area contributed by atoms with Crippen molar-refractivity contribution in [3.8, 4) is 11.4 Å². The number of halogens is 1. The Morgan fingerprint density at radius 1 is 1.10 bits per heavy atom. The summed E-state index contributed by atoms with van der Waals surface area (Å²) in [4.78, 5) is 15.6. The van der Waals surface area contributed by atoms with Crippen molar-refractivity contribution in [2.45, 2.75) is 32.7 Å². The van der Waals surface area contributed by atoms with E-state index in [2.05, 4.69) is 37.5 Å². The Kier molecular flexibility index (Phi) is 6.44. The molecule has 158 valence electrons. The number of likely N-dealkylation sites (tertiary alicyclic amines) is 1. The summed E-state index contributed by atoms with van der Waals surface area (Å²) < 4.78 is 14.1. The van der Waals surface area contributed by atoms with E-state index in [1.165, 1.54) is 19.3 Å². The zero-order valence-corrected chi connectivity index (χ0v) is 19.1. The first kappa shape index (κ1) is 20.9. The van der Waals surface area contributed by atoms with Crippen molar-refractivity contribution in [2.24, 2.45) is 0 Å². The van der Waals surface area contributed by atoms with E-state index >= 15 is 0 Å². The van der Waals surface area contributed by atoms with Crippen molar-refractivity contribution in [3.63, 3.8) is 0 Å². The summed E-state index contributed by atoms with van der Waals surface area (Å²) in [7, 11) is 1.64. The van der Waals surface area contributed by atoms with E-state index in [4.69, 9.17) is 9.47 Å². The van der Waals surface area contributed by atoms with Gasteiger partial charge >= 0.3 is 5.97 Å². The van der Waals surface area contributed by atoms with E-state index in [1.807, 2.05) is 37.3 Å². The molecule has 0 bridgehead atoms. The molecule has 1 fully saturated rings. The minimum Gasteiger partial charge on any atom is -0.496 e. The van der Waals surface area contributed by atoms with E-state index in [0.717, 1.165) is 39.8 Å². The Morgan fingerprint density at radius 2 is 1.83 bits per heavy atom. The van der Waals surface area contributed by atoms with Gasteiger partial charge in [0.05, 0.1) is 35.0 Å². The van der Waals surface area contributed by atoms with Crippen LogP contribution in [-0.4, -0.2) is 42.2 Å². The van der Waals surface area contributed by atoms with Crippen molar-refractivity contribution in [3.05, 3.63) is 58.2 Å². The number of hydrogen-bond donors (Lipinski definition) is 0. The Labute approximate surface area is 185 Å². The fraction of sp³-hybridized carbons (Fsp3) is 0.375. The van der Waals surface area contributed by atoms with Gasteiger partial charge < -0.3 is 14.0 Å². The number of piperidine rings is 1. The lowest BCUT2D eigenvalue weighted by molar-refractivity contribution is 0.0525. The fourth-order valence-electron chi connectivity index (χ4n) is 4.28. The molecule has 0 amide bonds. The molecule has 0 spiro atoms. The number of methoxy groups -OCH3 is 1. The highest BCUT2D eigenvalue weighted by atomic mass is 79.9. The Bertz CT molecular complexity index is 1040. The van der Waals surface area contributed by atoms with Gasteiger partial charge in [-0.05, 0) is 73.1 Å².